The summed E-state index contributed by atoms with van der Waals surface area (Å²) >= 11 is 5.95. The number of nitrogens with zero attached hydrogens (tertiary/aromatic N) is 1. The molecule has 0 saturated carbocycles. The van der Waals surface area contributed by atoms with Gasteiger partial charge in [-0.15, -0.1) is 11.3 Å². The number of ether oxygens (including phenoxy) is 2. The number of thiol groups is 1. The van der Waals surface area contributed by atoms with Crippen LogP contribution in [0, 0.1) is 0 Å². The fourth-order valence-electron chi connectivity index (χ4n) is 1.84. The molecule has 0 fully saturated rings. The first kappa shape index (κ1) is 15.4. The van der Waals surface area contributed by atoms with Crippen molar-refractivity contribution in [1.29, 1.82) is 0 Å². The van der Waals surface area contributed by atoms with Crippen LogP contribution in [0.2, 0.25) is 0 Å². The topological polar surface area (TPSA) is 31.4 Å². The Morgan fingerprint density at radius 2 is 1.95 bits per heavy atom. The molecule has 0 aliphatic rings. The zero-order chi connectivity index (χ0) is 14.4. The normalized spacial score (nSPS) is 10.8. The predicted octanol–water partition coefficient (Wildman–Crippen LogP) is 3.86. The Bertz CT molecular complexity index is 537. The van der Waals surface area contributed by atoms with Gasteiger partial charge in [-0.25, -0.2) is 4.98 Å². The molecule has 2 aromatic rings. The molecule has 0 aliphatic heterocycles. The number of benzene rings is 1. The lowest BCUT2D eigenvalue weighted by Gasteiger charge is -2.04. The first-order chi connectivity index (χ1) is 9.76. The number of thiazole rings is 1. The van der Waals surface area contributed by atoms with Gasteiger partial charge in [0.1, 0.15) is 17.4 Å². The van der Waals surface area contributed by atoms with Gasteiger partial charge in [0.15, 0.2) is 0 Å². The van der Waals surface area contributed by atoms with Gasteiger partial charge < -0.3 is 9.47 Å². The summed E-state index contributed by atoms with van der Waals surface area (Å²) in [7, 11) is 1.67. The molecule has 0 N–H and O–H groups in total. The SMILES string of the molecule is CCc1ccc(OCc2nc(COC)c(CS)s2)cc1. The first-order valence-electron chi connectivity index (χ1n) is 6.55. The molecular weight excluding hydrogens is 290 g/mol. The van der Waals surface area contributed by atoms with Gasteiger partial charge in [-0.1, -0.05) is 19.1 Å². The Morgan fingerprint density at radius 3 is 2.55 bits per heavy atom. The van der Waals surface area contributed by atoms with E-state index in [0.717, 1.165) is 27.7 Å². The minimum absolute atomic E-state index is 0.487. The highest BCUT2D eigenvalue weighted by atomic mass is 32.1. The Labute approximate surface area is 129 Å². The van der Waals surface area contributed by atoms with Gasteiger partial charge in [0.2, 0.25) is 0 Å². The highest BCUT2D eigenvalue weighted by Gasteiger charge is 2.10. The monoisotopic (exact) mass is 309 g/mol. The van der Waals surface area contributed by atoms with Crippen molar-refractivity contribution < 1.29 is 9.47 Å². The van der Waals surface area contributed by atoms with Crippen LogP contribution in [0.15, 0.2) is 24.3 Å². The summed E-state index contributed by atoms with van der Waals surface area (Å²) in [6.07, 6.45) is 1.04. The van der Waals surface area contributed by atoms with Crippen LogP contribution in [-0.2, 0) is 30.1 Å². The van der Waals surface area contributed by atoms with E-state index in [4.69, 9.17) is 9.47 Å². The number of aromatic nitrogens is 1. The van der Waals surface area contributed by atoms with E-state index in [-0.39, 0.29) is 0 Å². The second kappa shape index (κ2) is 7.67. The highest BCUT2D eigenvalue weighted by molar-refractivity contribution is 7.79. The van der Waals surface area contributed by atoms with Crippen LogP contribution in [-0.4, -0.2) is 12.1 Å². The van der Waals surface area contributed by atoms with Crippen molar-refractivity contribution >= 4 is 24.0 Å². The summed E-state index contributed by atoms with van der Waals surface area (Å²) in [5, 5.41) is 0.959. The molecule has 3 nitrogen and oxygen atoms in total. The minimum Gasteiger partial charge on any atom is -0.486 e. The molecule has 0 aliphatic carbocycles. The smallest absolute Gasteiger partial charge is 0.140 e. The quantitative estimate of drug-likeness (QED) is 0.788. The third-order valence-corrected chi connectivity index (χ3v) is 4.54. The third kappa shape index (κ3) is 3.98. The van der Waals surface area contributed by atoms with E-state index < -0.39 is 0 Å². The van der Waals surface area contributed by atoms with Gasteiger partial charge in [0.25, 0.3) is 0 Å². The van der Waals surface area contributed by atoms with Crippen LogP contribution in [0.4, 0.5) is 0 Å². The molecule has 0 unspecified atom stereocenters. The van der Waals surface area contributed by atoms with Crippen LogP contribution in [0.5, 0.6) is 5.75 Å². The fraction of sp³-hybridized carbons (Fsp3) is 0.400. The second-order valence-electron chi connectivity index (χ2n) is 4.35. The highest BCUT2D eigenvalue weighted by Crippen LogP contribution is 2.23. The summed E-state index contributed by atoms with van der Waals surface area (Å²) in [5.41, 5.74) is 2.28. The molecule has 1 heterocycles. The van der Waals surface area contributed by atoms with E-state index in [0.29, 0.717) is 19.0 Å². The molecule has 1 aromatic carbocycles. The zero-order valence-corrected chi connectivity index (χ0v) is 13.5. The van der Waals surface area contributed by atoms with Gasteiger partial charge in [-0.3, -0.25) is 0 Å². The Hall–Kier alpha value is -1.04. The summed E-state index contributed by atoms with van der Waals surface area (Å²) in [5.74, 6) is 1.56. The van der Waals surface area contributed by atoms with Crippen molar-refractivity contribution in [2.45, 2.75) is 32.3 Å². The number of hydrogen-bond acceptors (Lipinski definition) is 5. The largest absolute Gasteiger partial charge is 0.486 e. The van der Waals surface area contributed by atoms with Gasteiger partial charge in [0, 0.05) is 17.7 Å². The van der Waals surface area contributed by atoms with Crippen molar-refractivity contribution in [1.82, 2.24) is 4.98 Å². The van der Waals surface area contributed by atoms with Crippen LogP contribution in [0.3, 0.4) is 0 Å². The second-order valence-corrected chi connectivity index (χ2v) is 5.84. The first-order valence-corrected chi connectivity index (χ1v) is 8.00. The summed E-state index contributed by atoms with van der Waals surface area (Å²) in [6.45, 7) is 3.15. The third-order valence-electron chi connectivity index (χ3n) is 2.94. The standard InChI is InChI=1S/C15H19NO2S2/c1-3-11-4-6-12(7-5-11)18-9-15-16-13(8-17-2)14(10-19)20-15/h4-7,19H,3,8-10H2,1-2H3. The van der Waals surface area contributed by atoms with E-state index in [2.05, 4.69) is 36.7 Å². The Kier molecular flexibility index (Phi) is 5.88. The maximum atomic E-state index is 5.76. The van der Waals surface area contributed by atoms with Crippen LogP contribution in [0.25, 0.3) is 0 Å². The van der Waals surface area contributed by atoms with E-state index in [9.17, 15) is 0 Å². The average molecular weight is 309 g/mol. The van der Waals surface area contributed by atoms with Gasteiger partial charge in [-0.05, 0) is 24.1 Å². The summed E-state index contributed by atoms with van der Waals surface area (Å²) in [6, 6.07) is 8.18. The molecular formula is C15H19NO2S2. The average Bonchev–Trinajstić information content (AvgIpc) is 2.88. The fourth-order valence-corrected chi connectivity index (χ4v) is 3.06. The molecule has 0 spiro atoms. The predicted molar refractivity (Wildman–Crippen MR) is 85.7 cm³/mol. The van der Waals surface area contributed by atoms with Gasteiger partial charge >= 0.3 is 0 Å². The minimum atomic E-state index is 0.487. The van der Waals surface area contributed by atoms with Gasteiger partial charge in [-0.2, -0.15) is 12.6 Å². The maximum Gasteiger partial charge on any atom is 0.140 e. The Morgan fingerprint density at radius 1 is 1.20 bits per heavy atom. The lowest BCUT2D eigenvalue weighted by molar-refractivity contribution is 0.181. The molecule has 2 rings (SSSR count). The van der Waals surface area contributed by atoms with Crippen molar-refractivity contribution in [3.8, 4) is 5.75 Å². The molecule has 0 radical (unpaired) electrons. The van der Waals surface area contributed by atoms with E-state index >= 15 is 0 Å². The number of hydrogen-bond donors (Lipinski definition) is 1. The molecule has 0 saturated heterocycles. The molecule has 0 bridgehead atoms. The molecule has 108 valence electrons. The van der Waals surface area contributed by atoms with Gasteiger partial charge in [0.05, 0.1) is 12.3 Å². The Balaban J connectivity index is 1.99. The van der Waals surface area contributed by atoms with Crippen molar-refractivity contribution in [2.24, 2.45) is 0 Å². The molecule has 0 amide bonds. The molecule has 5 heteroatoms. The van der Waals surface area contributed by atoms with Crippen LogP contribution >= 0.6 is 24.0 Å². The van der Waals surface area contributed by atoms with Crippen molar-refractivity contribution in [3.63, 3.8) is 0 Å². The van der Waals surface area contributed by atoms with Crippen LogP contribution < -0.4 is 4.74 Å². The number of rotatable bonds is 7. The number of aryl methyl sites for hydroxylation is 1. The maximum absolute atomic E-state index is 5.76. The lowest BCUT2D eigenvalue weighted by Crippen LogP contribution is -1.96. The summed E-state index contributed by atoms with van der Waals surface area (Å²) in [4.78, 5) is 5.69. The van der Waals surface area contributed by atoms with Crippen molar-refractivity contribution in [2.75, 3.05) is 7.11 Å². The molecule has 0 atom stereocenters. The molecule has 1 aromatic heterocycles. The lowest BCUT2D eigenvalue weighted by atomic mass is 10.2. The van der Waals surface area contributed by atoms with Crippen molar-refractivity contribution in [3.05, 3.63) is 45.4 Å². The molecule has 20 heavy (non-hydrogen) atoms. The van der Waals surface area contributed by atoms with E-state index in [1.807, 2.05) is 12.1 Å². The zero-order valence-electron chi connectivity index (χ0n) is 11.8. The summed E-state index contributed by atoms with van der Waals surface area (Å²) < 4.78 is 10.9. The van der Waals surface area contributed by atoms with Crippen LogP contribution in [0.1, 0.15) is 28.1 Å². The number of methoxy groups -OCH3 is 1. The van der Waals surface area contributed by atoms with E-state index in [1.54, 1.807) is 18.4 Å². The van der Waals surface area contributed by atoms with E-state index in [1.165, 1.54) is 5.56 Å².